The third-order valence-electron chi connectivity index (χ3n) is 11.1. The molecule has 4 rings (SSSR count). The van der Waals surface area contributed by atoms with Gasteiger partial charge in [-0.3, -0.25) is 9.59 Å². The monoisotopic (exact) mass is 1000 g/mol. The van der Waals surface area contributed by atoms with E-state index in [-0.39, 0.29) is 69.9 Å². The zero-order valence-electron chi connectivity index (χ0n) is 34.2. The molecule has 0 saturated heterocycles. The molecule has 0 saturated carbocycles. The summed E-state index contributed by atoms with van der Waals surface area (Å²) in [6, 6.07) is 7.31. The van der Waals surface area contributed by atoms with E-state index < -0.39 is 20.3 Å². The van der Waals surface area contributed by atoms with E-state index in [0.717, 1.165) is 24.0 Å². The quantitative estimate of drug-likeness (QED) is 0.0951. The van der Waals surface area contributed by atoms with E-state index in [2.05, 4.69) is 92.9 Å². The van der Waals surface area contributed by atoms with E-state index in [1.807, 2.05) is 32.0 Å². The molecule has 0 spiro atoms. The van der Waals surface area contributed by atoms with Gasteiger partial charge in [0.25, 0.3) is 0 Å². The molecule has 302 valence electrons. The van der Waals surface area contributed by atoms with Crippen molar-refractivity contribution in [1.29, 1.82) is 0 Å². The van der Waals surface area contributed by atoms with Crippen molar-refractivity contribution in [2.45, 2.75) is 78.4 Å². The molecular weight excluding hydrogens is 946 g/mol. The van der Waals surface area contributed by atoms with Gasteiger partial charge in [0, 0.05) is 36.2 Å². The zero-order valence-corrected chi connectivity index (χ0v) is 39.5. The Morgan fingerprint density at radius 1 is 0.727 bits per heavy atom. The summed E-state index contributed by atoms with van der Waals surface area (Å²) in [7, 11) is 3.80. The molecule has 0 amide bonds. The Morgan fingerprint density at radius 2 is 1.11 bits per heavy atom. The molecule has 1 N–H and O–H groups in total. The van der Waals surface area contributed by atoms with Gasteiger partial charge in [0.15, 0.2) is 19.9 Å². The average Bonchev–Trinajstić information content (AvgIpc) is 3.12. The highest BCUT2D eigenvalue weighted by molar-refractivity contribution is 14.1. The molecule has 2 aliphatic carbocycles. The van der Waals surface area contributed by atoms with E-state index in [0.29, 0.717) is 23.5 Å². The highest BCUT2D eigenvalue weighted by Crippen LogP contribution is 2.44. The predicted octanol–water partition coefficient (Wildman–Crippen LogP) is 8.92. The topological polar surface area (TPSA) is 135 Å². The molecule has 0 aliphatic heterocycles. The maximum atomic E-state index is 13.1. The highest BCUT2D eigenvalue weighted by Gasteiger charge is 2.41. The van der Waals surface area contributed by atoms with Crippen molar-refractivity contribution in [2.24, 2.45) is 23.7 Å². The number of aliphatic hydroxyl groups excluding tert-OH is 1. The number of methoxy groups -OCH3 is 4. The Kier molecular flexibility index (Phi) is 16.4. The Balaban J connectivity index is 0.000000305. The number of Topliss-reactive ketones (excluding diaryl/α,β-unsaturated/α-hetero) is 2. The van der Waals surface area contributed by atoms with Gasteiger partial charge in [-0.2, -0.15) is 0 Å². The molecule has 4 atom stereocenters. The third kappa shape index (κ3) is 10.3. The maximum Gasteiger partial charge on any atom is 0.341 e. The first-order valence-electron chi connectivity index (χ1n) is 18.3. The first-order chi connectivity index (χ1) is 25.6. The summed E-state index contributed by atoms with van der Waals surface area (Å²) in [5.74, 6) is -0.520. The van der Waals surface area contributed by atoms with Crippen LogP contribution in [0.5, 0.6) is 11.5 Å². The molecule has 2 aromatic carbocycles. The molecule has 0 heterocycles. The van der Waals surface area contributed by atoms with Crippen molar-refractivity contribution in [2.75, 3.05) is 41.7 Å². The minimum atomic E-state index is -1.96. The van der Waals surface area contributed by atoms with Crippen LogP contribution in [0.3, 0.4) is 0 Å². The van der Waals surface area contributed by atoms with Crippen LogP contribution in [0.4, 0.5) is 0 Å². The molecule has 10 nitrogen and oxygen atoms in total. The number of ketones is 2. The Bertz CT molecular complexity index is 1840. The van der Waals surface area contributed by atoms with Crippen LogP contribution in [0.15, 0.2) is 47.6 Å². The van der Waals surface area contributed by atoms with E-state index >= 15 is 0 Å². The number of hydrogen-bond acceptors (Lipinski definition) is 10. The molecule has 0 aromatic heterocycles. The normalized spacial score (nSPS) is 17.9. The van der Waals surface area contributed by atoms with Gasteiger partial charge in [0.1, 0.15) is 22.6 Å². The van der Waals surface area contributed by atoms with E-state index in [1.54, 1.807) is 32.4 Å². The lowest BCUT2D eigenvalue weighted by Gasteiger charge is -2.40. The number of benzene rings is 2. The van der Waals surface area contributed by atoms with Gasteiger partial charge in [-0.25, -0.2) is 9.59 Å². The summed E-state index contributed by atoms with van der Waals surface area (Å²) >= 11 is 4.25. The lowest BCUT2D eigenvalue weighted by Crippen LogP contribution is -2.43. The molecule has 0 fully saturated rings. The minimum absolute atomic E-state index is 0.0232. The van der Waals surface area contributed by atoms with Crippen molar-refractivity contribution in [3.05, 3.63) is 77.0 Å². The first kappa shape index (κ1) is 46.8. The molecule has 55 heavy (non-hydrogen) atoms. The summed E-state index contributed by atoms with van der Waals surface area (Å²) in [5.41, 5.74) is 2.78. The van der Waals surface area contributed by atoms with Crippen LogP contribution in [-0.2, 0) is 23.5 Å². The number of aliphatic hydroxyl groups is 1. The number of rotatable bonds is 12. The summed E-state index contributed by atoms with van der Waals surface area (Å²) in [6.45, 7) is 20.0. The van der Waals surface area contributed by atoms with Gasteiger partial charge >= 0.3 is 11.9 Å². The zero-order chi connectivity index (χ0) is 41.7. The first-order valence-corrected chi connectivity index (χ1v) is 23.4. The van der Waals surface area contributed by atoms with Crippen LogP contribution in [0.25, 0.3) is 0 Å². The van der Waals surface area contributed by atoms with Gasteiger partial charge in [-0.15, -0.1) is 0 Å². The number of halogens is 2. The smallest absolute Gasteiger partial charge is 0.341 e. The SMILES string of the molecule is COC(=O)C1=CC([C@H](CO)C(C)C)c2cc(OC)c(I)cc2C1=O.COC(=O)C1=CC([C@H](CO[Si](C)(C)C(C)(C)C)C(C)C)c2cc(OC)c(I)cc2C1=O. The van der Waals surface area contributed by atoms with E-state index in [4.69, 9.17) is 23.4 Å². The summed E-state index contributed by atoms with van der Waals surface area (Å²) in [6.07, 6.45) is 3.41. The fourth-order valence-electron chi connectivity index (χ4n) is 6.60. The molecule has 0 bridgehead atoms. The molecule has 2 aromatic rings. The van der Waals surface area contributed by atoms with Crippen LogP contribution < -0.4 is 9.47 Å². The standard InChI is InChI=1S/C24H35IO5Si.C18H21IO5/c1-14(2)19(13-30-31(8,9)24(3,4)5)15-10-18(23(27)29-7)22(26)17-11-20(25)21(28-6)12-16(15)17;1-9(2)14(8-20)10-5-13(18(22)24-4)17(21)12-6-15(19)16(23-3)7-11(10)12/h10-12,14-15,19H,13H2,1-9H3;5-7,9-10,14,20H,8H2,1-4H3/t15?,19-;10?,14-/m11/s1. The second-order valence-corrected chi connectivity index (χ2v) is 23.2. The van der Waals surface area contributed by atoms with Gasteiger partial charge in [0.2, 0.25) is 0 Å². The van der Waals surface area contributed by atoms with Crippen LogP contribution in [0.1, 0.15) is 92.1 Å². The van der Waals surface area contributed by atoms with Gasteiger partial charge in [-0.1, -0.05) is 60.6 Å². The van der Waals surface area contributed by atoms with Gasteiger partial charge in [0.05, 0.1) is 35.6 Å². The lowest BCUT2D eigenvalue weighted by atomic mass is 9.73. The maximum absolute atomic E-state index is 13.1. The second kappa shape index (κ2) is 19.2. The molecule has 13 heteroatoms. The summed E-state index contributed by atoms with van der Waals surface area (Å²) < 4.78 is 28.8. The largest absolute Gasteiger partial charge is 0.496 e. The summed E-state index contributed by atoms with van der Waals surface area (Å²) in [5, 5.41) is 9.94. The lowest BCUT2D eigenvalue weighted by molar-refractivity contribution is -0.136. The highest BCUT2D eigenvalue weighted by atomic mass is 127. The Labute approximate surface area is 354 Å². The minimum Gasteiger partial charge on any atom is -0.496 e. The average molecular weight is 1000 g/mol. The number of esters is 2. The van der Waals surface area contributed by atoms with Crippen LogP contribution >= 0.6 is 45.2 Å². The summed E-state index contributed by atoms with van der Waals surface area (Å²) in [4.78, 5) is 50.3. The number of fused-ring (bicyclic) bond motifs is 2. The van der Waals surface area contributed by atoms with Crippen molar-refractivity contribution < 1.29 is 47.7 Å². The van der Waals surface area contributed by atoms with Crippen LogP contribution in [0, 0.1) is 30.8 Å². The number of ether oxygens (including phenoxy) is 4. The predicted molar refractivity (Wildman–Crippen MR) is 233 cm³/mol. The molecular formula is C42H56I2O10Si. The van der Waals surface area contributed by atoms with Crippen molar-refractivity contribution in [1.82, 2.24) is 0 Å². The van der Waals surface area contributed by atoms with Crippen molar-refractivity contribution >= 4 is 77.0 Å². The molecule has 2 aliphatic rings. The third-order valence-corrected chi connectivity index (χ3v) is 17.3. The Morgan fingerprint density at radius 3 is 1.42 bits per heavy atom. The van der Waals surface area contributed by atoms with Crippen LogP contribution in [-0.4, -0.2) is 78.6 Å². The van der Waals surface area contributed by atoms with Gasteiger partial charge < -0.3 is 28.5 Å². The fraction of sp³-hybridized carbons (Fsp3) is 0.524. The van der Waals surface area contributed by atoms with Crippen LogP contribution in [0.2, 0.25) is 18.1 Å². The van der Waals surface area contributed by atoms with E-state index in [9.17, 15) is 24.3 Å². The van der Waals surface area contributed by atoms with Crippen molar-refractivity contribution in [3.63, 3.8) is 0 Å². The second-order valence-electron chi connectivity index (χ2n) is 16.1. The number of carbonyl (C=O) groups excluding carboxylic acids is 4. The van der Waals surface area contributed by atoms with Crippen molar-refractivity contribution in [3.8, 4) is 11.5 Å². The fourth-order valence-corrected chi connectivity index (χ4v) is 9.01. The number of hydrogen-bond donors (Lipinski definition) is 1. The number of allylic oxidation sites excluding steroid dienone is 2. The van der Waals surface area contributed by atoms with Gasteiger partial charge in [-0.05, 0) is 122 Å². The number of carbonyl (C=O) groups is 4. The Hall–Kier alpha value is -2.60. The molecule has 0 radical (unpaired) electrons. The molecule has 2 unspecified atom stereocenters. The van der Waals surface area contributed by atoms with E-state index in [1.165, 1.54) is 14.2 Å².